The van der Waals surface area contributed by atoms with Gasteiger partial charge in [0.2, 0.25) is 11.7 Å². The van der Waals surface area contributed by atoms with Crippen molar-refractivity contribution in [3.05, 3.63) is 44.0 Å². The number of aromatic amines is 1. The molecule has 0 bridgehead atoms. The van der Waals surface area contributed by atoms with Gasteiger partial charge in [0.25, 0.3) is 5.56 Å². The number of hydrogen-bond acceptors (Lipinski definition) is 5. The zero-order valence-electron chi connectivity index (χ0n) is 10.7. The zero-order chi connectivity index (χ0) is 13.5. The highest BCUT2D eigenvalue weighted by Crippen LogP contribution is 2.17. The molecule has 3 heterocycles. The molecule has 3 aromatic rings. The van der Waals surface area contributed by atoms with Gasteiger partial charge in [0, 0.05) is 16.1 Å². The summed E-state index contributed by atoms with van der Waals surface area (Å²) >= 11 is 1.68. The largest absolute Gasteiger partial charge is 0.348 e. The quantitative estimate of drug-likeness (QED) is 0.767. The highest BCUT2D eigenvalue weighted by Gasteiger charge is 2.19. The van der Waals surface area contributed by atoms with Crippen LogP contribution >= 0.6 is 11.3 Å². The number of H-pyrrole nitrogens is 1. The maximum atomic E-state index is 12.3. The normalized spacial score (nSPS) is 13.8. The van der Waals surface area contributed by atoms with E-state index in [9.17, 15) is 4.79 Å². The van der Waals surface area contributed by atoms with Gasteiger partial charge in [-0.1, -0.05) is 6.07 Å². The Balaban J connectivity index is 1.69. The summed E-state index contributed by atoms with van der Waals surface area (Å²) in [4.78, 5) is 21.0. The molecule has 0 aliphatic heterocycles. The molecule has 2 N–H and O–H groups in total. The maximum Gasteiger partial charge on any atom is 0.279 e. The van der Waals surface area contributed by atoms with Gasteiger partial charge in [0.1, 0.15) is 0 Å². The van der Waals surface area contributed by atoms with Gasteiger partial charge in [-0.2, -0.15) is 9.50 Å². The van der Waals surface area contributed by atoms with E-state index in [2.05, 4.69) is 20.4 Å². The number of fused-ring (bicyclic) bond motifs is 2. The molecule has 3 aromatic heterocycles. The van der Waals surface area contributed by atoms with Crippen LogP contribution in [0.25, 0.3) is 5.78 Å². The summed E-state index contributed by atoms with van der Waals surface area (Å²) in [6.07, 6.45) is 2.78. The number of aryl methyl sites for hydroxylation is 1. The Morgan fingerprint density at radius 2 is 2.40 bits per heavy atom. The van der Waals surface area contributed by atoms with Crippen molar-refractivity contribution in [2.45, 2.75) is 25.8 Å². The molecule has 6 nitrogen and oxygen atoms in total. The van der Waals surface area contributed by atoms with E-state index >= 15 is 0 Å². The van der Waals surface area contributed by atoms with Crippen molar-refractivity contribution in [1.29, 1.82) is 0 Å². The standard InChI is InChI=1S/C13H13N5OS/c19-11-9-4-1-5-10(9)15-13-16-12(17-18(11)13)14-7-8-3-2-6-20-8/h2-3,6H,1,4-5,7H2,(H2,14,15,16,17). The van der Waals surface area contributed by atoms with Gasteiger partial charge in [-0.05, 0) is 30.7 Å². The Morgan fingerprint density at radius 1 is 1.45 bits per heavy atom. The second-order valence-corrected chi connectivity index (χ2v) is 5.88. The van der Waals surface area contributed by atoms with Crippen molar-refractivity contribution >= 4 is 23.1 Å². The van der Waals surface area contributed by atoms with Crippen molar-refractivity contribution in [3.8, 4) is 0 Å². The van der Waals surface area contributed by atoms with Crippen molar-refractivity contribution in [2.24, 2.45) is 0 Å². The molecule has 0 amide bonds. The molecule has 0 saturated heterocycles. The lowest BCUT2D eigenvalue weighted by Gasteiger charge is -1.97. The Labute approximate surface area is 118 Å². The fourth-order valence-corrected chi connectivity index (χ4v) is 3.21. The first-order chi connectivity index (χ1) is 9.81. The van der Waals surface area contributed by atoms with E-state index in [4.69, 9.17) is 0 Å². The molecular formula is C13H13N5OS. The summed E-state index contributed by atoms with van der Waals surface area (Å²) in [7, 11) is 0. The molecule has 4 rings (SSSR count). The molecule has 0 unspecified atom stereocenters. The second-order valence-electron chi connectivity index (χ2n) is 4.84. The van der Waals surface area contributed by atoms with Crippen molar-refractivity contribution in [1.82, 2.24) is 19.6 Å². The number of thiophene rings is 1. The lowest BCUT2D eigenvalue weighted by molar-refractivity contribution is 0.868. The molecule has 102 valence electrons. The number of anilines is 1. The molecule has 1 aliphatic carbocycles. The Hall–Kier alpha value is -2.15. The Kier molecular flexibility index (Phi) is 2.59. The van der Waals surface area contributed by atoms with Crippen molar-refractivity contribution < 1.29 is 0 Å². The van der Waals surface area contributed by atoms with Crippen molar-refractivity contribution in [2.75, 3.05) is 5.32 Å². The van der Waals surface area contributed by atoms with E-state index in [0.29, 0.717) is 18.3 Å². The summed E-state index contributed by atoms with van der Waals surface area (Å²) in [6, 6.07) is 4.06. The highest BCUT2D eigenvalue weighted by molar-refractivity contribution is 7.09. The summed E-state index contributed by atoms with van der Waals surface area (Å²) < 4.78 is 1.36. The smallest absolute Gasteiger partial charge is 0.279 e. The number of aromatic nitrogens is 4. The summed E-state index contributed by atoms with van der Waals surface area (Å²) in [5.74, 6) is 1.000. The lowest BCUT2D eigenvalue weighted by atomic mass is 10.3. The van der Waals surface area contributed by atoms with Gasteiger partial charge in [0.15, 0.2) is 0 Å². The Bertz CT molecular complexity index is 817. The first-order valence-corrected chi connectivity index (χ1v) is 7.46. The van der Waals surface area contributed by atoms with Gasteiger partial charge in [-0.25, -0.2) is 0 Å². The first-order valence-electron chi connectivity index (χ1n) is 6.58. The summed E-state index contributed by atoms with van der Waals surface area (Å²) in [6.45, 7) is 0.669. The lowest BCUT2D eigenvalue weighted by Crippen LogP contribution is -2.20. The minimum Gasteiger partial charge on any atom is -0.348 e. The predicted molar refractivity (Wildman–Crippen MR) is 77.3 cm³/mol. The van der Waals surface area contributed by atoms with Crippen LogP contribution in [-0.4, -0.2) is 19.6 Å². The highest BCUT2D eigenvalue weighted by atomic mass is 32.1. The van der Waals surface area contributed by atoms with E-state index in [0.717, 1.165) is 30.5 Å². The van der Waals surface area contributed by atoms with E-state index < -0.39 is 0 Å². The fourth-order valence-electron chi connectivity index (χ4n) is 2.57. The molecule has 0 saturated carbocycles. The van der Waals surface area contributed by atoms with E-state index in [-0.39, 0.29) is 5.56 Å². The Morgan fingerprint density at radius 3 is 3.25 bits per heavy atom. The third kappa shape index (κ3) is 1.82. The van der Waals surface area contributed by atoms with E-state index in [1.165, 1.54) is 9.39 Å². The third-order valence-electron chi connectivity index (χ3n) is 3.54. The van der Waals surface area contributed by atoms with E-state index in [1.807, 2.05) is 17.5 Å². The molecule has 0 spiro atoms. The van der Waals surface area contributed by atoms with Gasteiger partial charge in [-0.15, -0.1) is 16.4 Å². The minimum atomic E-state index is -0.0390. The van der Waals surface area contributed by atoms with Crippen LogP contribution in [0.15, 0.2) is 22.3 Å². The fraction of sp³-hybridized carbons (Fsp3) is 0.308. The van der Waals surface area contributed by atoms with Gasteiger partial charge in [0.05, 0.1) is 6.54 Å². The molecule has 1 aliphatic rings. The number of nitrogens with zero attached hydrogens (tertiary/aromatic N) is 3. The van der Waals surface area contributed by atoms with Crippen LogP contribution in [0.2, 0.25) is 0 Å². The monoisotopic (exact) mass is 287 g/mol. The number of rotatable bonds is 3. The molecule has 0 fully saturated rings. The average Bonchev–Trinajstić information content (AvgIpc) is 3.16. The van der Waals surface area contributed by atoms with Crippen LogP contribution in [0.5, 0.6) is 0 Å². The zero-order valence-corrected chi connectivity index (χ0v) is 11.5. The minimum absolute atomic E-state index is 0.0390. The van der Waals surface area contributed by atoms with Crippen LogP contribution < -0.4 is 10.9 Å². The molecule has 0 aromatic carbocycles. The predicted octanol–water partition coefficient (Wildman–Crippen LogP) is 1.58. The third-order valence-corrected chi connectivity index (χ3v) is 4.42. The SMILES string of the molecule is O=c1c2c([nH]c3nc(NCc4cccs4)nn13)CCC2. The second kappa shape index (κ2) is 4.45. The molecule has 0 radical (unpaired) electrons. The maximum absolute atomic E-state index is 12.3. The van der Waals surface area contributed by atoms with Crippen LogP contribution in [0.3, 0.4) is 0 Å². The van der Waals surface area contributed by atoms with Crippen LogP contribution in [0.4, 0.5) is 5.95 Å². The molecular weight excluding hydrogens is 274 g/mol. The number of nitrogens with one attached hydrogen (secondary N) is 2. The van der Waals surface area contributed by atoms with Crippen LogP contribution in [-0.2, 0) is 19.4 Å². The van der Waals surface area contributed by atoms with Crippen LogP contribution in [0, 0.1) is 0 Å². The average molecular weight is 287 g/mol. The van der Waals surface area contributed by atoms with Gasteiger partial charge in [-0.3, -0.25) is 4.79 Å². The summed E-state index contributed by atoms with van der Waals surface area (Å²) in [5, 5.41) is 9.42. The topological polar surface area (TPSA) is 75.1 Å². The molecule has 7 heteroatoms. The van der Waals surface area contributed by atoms with Gasteiger partial charge >= 0.3 is 0 Å². The number of hydrogen-bond donors (Lipinski definition) is 2. The van der Waals surface area contributed by atoms with Crippen LogP contribution in [0.1, 0.15) is 22.6 Å². The molecule has 0 atom stereocenters. The summed E-state index contributed by atoms with van der Waals surface area (Å²) in [5.41, 5.74) is 1.83. The van der Waals surface area contributed by atoms with E-state index in [1.54, 1.807) is 11.3 Å². The molecule has 20 heavy (non-hydrogen) atoms. The van der Waals surface area contributed by atoms with Crippen molar-refractivity contribution in [3.63, 3.8) is 0 Å². The van der Waals surface area contributed by atoms with Gasteiger partial charge < -0.3 is 10.3 Å². The first kappa shape index (κ1) is 11.7.